The van der Waals surface area contributed by atoms with Crippen LogP contribution in [0.25, 0.3) is 0 Å². The molecular formula is C15H23N. The highest BCUT2D eigenvalue weighted by Crippen LogP contribution is 2.39. The Bertz CT molecular complexity index is 339. The topological polar surface area (TPSA) is 23.8 Å². The van der Waals surface area contributed by atoms with Crippen molar-refractivity contribution < 1.29 is 0 Å². The van der Waals surface area contributed by atoms with Crippen LogP contribution in [0.3, 0.4) is 0 Å². The lowest BCUT2D eigenvalue weighted by atomic mass is 9.70. The molecule has 0 heterocycles. The van der Waals surface area contributed by atoms with Crippen molar-refractivity contribution in [2.75, 3.05) is 0 Å². The van der Waals surface area contributed by atoms with Gasteiger partial charge < -0.3 is 0 Å². The van der Waals surface area contributed by atoms with E-state index in [1.807, 2.05) is 0 Å². The van der Waals surface area contributed by atoms with E-state index in [0.29, 0.717) is 5.92 Å². The molecule has 0 aromatic rings. The molecule has 88 valence electrons. The number of hydrogen-bond acceptors (Lipinski definition) is 1. The van der Waals surface area contributed by atoms with Crippen LogP contribution in [0.1, 0.15) is 53.4 Å². The molecule has 2 atom stereocenters. The Morgan fingerprint density at radius 2 is 2.31 bits per heavy atom. The first kappa shape index (κ1) is 13.0. The summed E-state index contributed by atoms with van der Waals surface area (Å²) >= 11 is 0. The van der Waals surface area contributed by atoms with Gasteiger partial charge in [0.1, 0.15) is 0 Å². The molecule has 0 aromatic heterocycles. The fraction of sp³-hybridized carbons (Fsp3) is 0.667. The first-order valence-electron chi connectivity index (χ1n) is 6.22. The molecule has 1 aliphatic carbocycles. The van der Waals surface area contributed by atoms with Gasteiger partial charge in [0.2, 0.25) is 0 Å². The molecule has 0 aliphatic heterocycles. The lowest BCUT2D eigenvalue weighted by Gasteiger charge is -2.32. The SMILES string of the molecule is CC(C)=CCCC1=CC(C)C(C)(C#N)CC1. The van der Waals surface area contributed by atoms with E-state index in [1.54, 1.807) is 0 Å². The summed E-state index contributed by atoms with van der Waals surface area (Å²) in [5.74, 6) is 0.396. The van der Waals surface area contributed by atoms with E-state index in [1.165, 1.54) is 11.1 Å². The van der Waals surface area contributed by atoms with Gasteiger partial charge in [0, 0.05) is 0 Å². The molecule has 16 heavy (non-hydrogen) atoms. The maximum Gasteiger partial charge on any atom is 0.0693 e. The fourth-order valence-corrected chi connectivity index (χ4v) is 2.18. The Kier molecular flexibility index (Phi) is 4.35. The summed E-state index contributed by atoms with van der Waals surface area (Å²) in [6, 6.07) is 2.47. The van der Waals surface area contributed by atoms with Crippen LogP contribution >= 0.6 is 0 Å². The van der Waals surface area contributed by atoms with Crippen LogP contribution in [-0.2, 0) is 0 Å². The second-order valence-electron chi connectivity index (χ2n) is 5.46. The third kappa shape index (κ3) is 3.23. The zero-order valence-electron chi connectivity index (χ0n) is 11.0. The Morgan fingerprint density at radius 1 is 1.62 bits per heavy atom. The molecule has 0 spiro atoms. The minimum atomic E-state index is -0.139. The van der Waals surface area contributed by atoms with Gasteiger partial charge in [-0.3, -0.25) is 0 Å². The molecule has 0 fully saturated rings. The van der Waals surface area contributed by atoms with Crippen LogP contribution in [0.15, 0.2) is 23.3 Å². The molecule has 0 aromatic carbocycles. The van der Waals surface area contributed by atoms with E-state index in [9.17, 15) is 0 Å². The Hall–Kier alpha value is -1.03. The van der Waals surface area contributed by atoms with Gasteiger partial charge >= 0.3 is 0 Å². The van der Waals surface area contributed by atoms with E-state index in [0.717, 1.165) is 25.7 Å². The number of hydrogen-bond donors (Lipinski definition) is 0. The lowest BCUT2D eigenvalue weighted by molar-refractivity contribution is 0.295. The molecule has 2 unspecified atom stereocenters. The second kappa shape index (κ2) is 5.34. The first-order valence-corrected chi connectivity index (χ1v) is 6.22. The van der Waals surface area contributed by atoms with Crippen molar-refractivity contribution in [1.82, 2.24) is 0 Å². The Morgan fingerprint density at radius 3 is 2.81 bits per heavy atom. The summed E-state index contributed by atoms with van der Waals surface area (Å²) in [6.45, 7) is 8.54. The maximum atomic E-state index is 9.17. The summed E-state index contributed by atoms with van der Waals surface area (Å²) in [5.41, 5.74) is 2.80. The van der Waals surface area contributed by atoms with Gasteiger partial charge in [-0.1, -0.05) is 30.2 Å². The van der Waals surface area contributed by atoms with Gasteiger partial charge in [0.15, 0.2) is 0 Å². The fourth-order valence-electron chi connectivity index (χ4n) is 2.18. The van der Waals surface area contributed by atoms with Crippen LogP contribution in [-0.4, -0.2) is 0 Å². The van der Waals surface area contributed by atoms with Gasteiger partial charge in [-0.15, -0.1) is 0 Å². The molecule has 0 saturated heterocycles. The minimum Gasteiger partial charge on any atom is -0.198 e. The van der Waals surface area contributed by atoms with Gasteiger partial charge in [-0.2, -0.15) is 5.26 Å². The Balaban J connectivity index is 2.57. The zero-order chi connectivity index (χ0) is 12.2. The van der Waals surface area contributed by atoms with Crippen LogP contribution in [0.4, 0.5) is 0 Å². The van der Waals surface area contributed by atoms with E-state index >= 15 is 0 Å². The van der Waals surface area contributed by atoms with Crippen LogP contribution < -0.4 is 0 Å². The number of nitriles is 1. The lowest BCUT2D eigenvalue weighted by Crippen LogP contribution is -2.25. The van der Waals surface area contributed by atoms with Crippen LogP contribution in [0.2, 0.25) is 0 Å². The maximum absolute atomic E-state index is 9.17. The highest BCUT2D eigenvalue weighted by molar-refractivity contribution is 5.17. The molecule has 0 amide bonds. The third-order valence-electron chi connectivity index (χ3n) is 3.73. The highest BCUT2D eigenvalue weighted by atomic mass is 14.4. The van der Waals surface area contributed by atoms with Gasteiger partial charge in [-0.25, -0.2) is 0 Å². The van der Waals surface area contributed by atoms with E-state index in [4.69, 9.17) is 5.26 Å². The number of nitrogens with zero attached hydrogens (tertiary/aromatic N) is 1. The van der Waals surface area contributed by atoms with E-state index in [-0.39, 0.29) is 5.41 Å². The molecule has 1 rings (SSSR count). The molecular weight excluding hydrogens is 194 g/mol. The van der Waals surface area contributed by atoms with Gasteiger partial charge in [-0.05, 0) is 52.4 Å². The summed E-state index contributed by atoms with van der Waals surface area (Å²) in [5, 5.41) is 9.17. The monoisotopic (exact) mass is 217 g/mol. The zero-order valence-corrected chi connectivity index (χ0v) is 11.0. The second-order valence-corrected chi connectivity index (χ2v) is 5.46. The number of allylic oxidation sites excluding steroid dienone is 4. The molecule has 1 aliphatic rings. The van der Waals surface area contributed by atoms with Crippen molar-refractivity contribution in [3.05, 3.63) is 23.3 Å². The largest absolute Gasteiger partial charge is 0.198 e. The predicted molar refractivity (Wildman–Crippen MR) is 68.9 cm³/mol. The van der Waals surface area contributed by atoms with Crippen LogP contribution in [0.5, 0.6) is 0 Å². The standard InChI is InChI=1S/C15H23N/c1-12(2)6-5-7-14-8-9-15(4,11-16)13(3)10-14/h6,10,13H,5,7-9H2,1-4H3. The average Bonchev–Trinajstić information content (AvgIpc) is 2.23. The quantitative estimate of drug-likeness (QED) is 0.633. The summed E-state index contributed by atoms with van der Waals surface area (Å²) in [6.07, 6.45) is 9.05. The summed E-state index contributed by atoms with van der Waals surface area (Å²) < 4.78 is 0. The highest BCUT2D eigenvalue weighted by Gasteiger charge is 2.32. The first-order chi connectivity index (χ1) is 7.48. The average molecular weight is 217 g/mol. The summed E-state index contributed by atoms with van der Waals surface area (Å²) in [7, 11) is 0. The normalized spacial score (nSPS) is 29.2. The molecule has 0 N–H and O–H groups in total. The van der Waals surface area contributed by atoms with Crippen molar-refractivity contribution in [3.8, 4) is 6.07 Å². The van der Waals surface area contributed by atoms with Crippen LogP contribution in [0, 0.1) is 22.7 Å². The smallest absolute Gasteiger partial charge is 0.0693 e. The summed E-state index contributed by atoms with van der Waals surface area (Å²) in [4.78, 5) is 0. The van der Waals surface area contributed by atoms with E-state index in [2.05, 4.69) is 45.9 Å². The molecule has 0 radical (unpaired) electrons. The van der Waals surface area contributed by atoms with Crippen molar-refractivity contribution in [2.45, 2.75) is 53.4 Å². The van der Waals surface area contributed by atoms with Crippen molar-refractivity contribution in [2.24, 2.45) is 11.3 Å². The van der Waals surface area contributed by atoms with Gasteiger partial charge in [0.05, 0.1) is 11.5 Å². The van der Waals surface area contributed by atoms with Gasteiger partial charge in [0.25, 0.3) is 0 Å². The van der Waals surface area contributed by atoms with Crippen molar-refractivity contribution in [3.63, 3.8) is 0 Å². The Labute approximate surface area is 99.9 Å². The van der Waals surface area contributed by atoms with Crippen molar-refractivity contribution >= 4 is 0 Å². The predicted octanol–water partition coefficient (Wildman–Crippen LogP) is 4.62. The third-order valence-corrected chi connectivity index (χ3v) is 3.73. The molecule has 1 nitrogen and oxygen atoms in total. The van der Waals surface area contributed by atoms with Crippen molar-refractivity contribution in [1.29, 1.82) is 5.26 Å². The molecule has 1 heteroatoms. The van der Waals surface area contributed by atoms with E-state index < -0.39 is 0 Å². The number of rotatable bonds is 3. The minimum absolute atomic E-state index is 0.139. The molecule has 0 saturated carbocycles. The molecule has 0 bridgehead atoms.